The maximum absolute atomic E-state index is 12.8. The van der Waals surface area contributed by atoms with Gasteiger partial charge in [-0.1, -0.05) is 0 Å². The number of ether oxygens (including phenoxy) is 2. The maximum Gasteiger partial charge on any atom is 0.226 e. The van der Waals surface area contributed by atoms with Crippen molar-refractivity contribution in [3.63, 3.8) is 0 Å². The van der Waals surface area contributed by atoms with Crippen LogP contribution in [0.2, 0.25) is 0 Å². The number of aryl methyl sites for hydroxylation is 1. The average molecular weight is 369 g/mol. The van der Waals surface area contributed by atoms with Crippen LogP contribution in [0.3, 0.4) is 0 Å². The zero-order valence-corrected chi connectivity index (χ0v) is 16.4. The van der Waals surface area contributed by atoms with Gasteiger partial charge in [-0.15, -0.1) is 12.4 Å². The fourth-order valence-corrected chi connectivity index (χ4v) is 3.97. The molecule has 0 aromatic heterocycles. The van der Waals surface area contributed by atoms with Crippen molar-refractivity contribution in [2.24, 2.45) is 11.3 Å². The van der Waals surface area contributed by atoms with Crippen LogP contribution in [-0.2, 0) is 11.3 Å². The lowest BCUT2D eigenvalue weighted by Crippen LogP contribution is -2.34. The Morgan fingerprint density at radius 1 is 1.24 bits per heavy atom. The molecule has 140 valence electrons. The monoisotopic (exact) mass is 368 g/mol. The molecule has 0 bridgehead atoms. The SMILES string of the molecule is COc1cc(C)c(CN(C)C(=O)C2CC23CCNCC3)cc1OC.Cl. The summed E-state index contributed by atoms with van der Waals surface area (Å²) >= 11 is 0. The smallest absolute Gasteiger partial charge is 0.226 e. The number of benzene rings is 1. The highest BCUT2D eigenvalue weighted by Crippen LogP contribution is 2.59. The Bertz CT molecular complexity index is 629. The first-order chi connectivity index (χ1) is 11.5. The van der Waals surface area contributed by atoms with Gasteiger partial charge in [0.05, 0.1) is 14.2 Å². The number of piperidine rings is 1. The molecule has 1 atom stereocenters. The van der Waals surface area contributed by atoms with Crippen molar-refractivity contribution >= 4 is 18.3 Å². The molecule has 1 aliphatic heterocycles. The van der Waals surface area contributed by atoms with Crippen molar-refractivity contribution in [2.45, 2.75) is 32.7 Å². The van der Waals surface area contributed by atoms with Crippen LogP contribution in [-0.4, -0.2) is 45.2 Å². The van der Waals surface area contributed by atoms with Gasteiger partial charge < -0.3 is 19.7 Å². The number of rotatable bonds is 5. The molecule has 1 amide bonds. The Morgan fingerprint density at radius 2 is 1.84 bits per heavy atom. The lowest BCUT2D eigenvalue weighted by atomic mass is 9.91. The predicted molar refractivity (Wildman–Crippen MR) is 101 cm³/mol. The van der Waals surface area contributed by atoms with E-state index in [1.807, 2.05) is 31.0 Å². The zero-order valence-electron chi connectivity index (χ0n) is 15.6. The van der Waals surface area contributed by atoms with Crippen LogP contribution >= 0.6 is 12.4 Å². The summed E-state index contributed by atoms with van der Waals surface area (Å²) in [5, 5.41) is 3.39. The predicted octanol–water partition coefficient (Wildman–Crippen LogP) is 2.78. The highest BCUT2D eigenvalue weighted by molar-refractivity contribution is 5.85. The summed E-state index contributed by atoms with van der Waals surface area (Å²) in [5.41, 5.74) is 2.49. The Morgan fingerprint density at radius 3 is 2.44 bits per heavy atom. The Labute approximate surface area is 156 Å². The van der Waals surface area contributed by atoms with E-state index in [0.717, 1.165) is 49.2 Å². The summed E-state index contributed by atoms with van der Waals surface area (Å²) in [5.74, 6) is 1.93. The minimum atomic E-state index is 0. The second-order valence-corrected chi connectivity index (χ2v) is 7.20. The summed E-state index contributed by atoms with van der Waals surface area (Å²) in [7, 11) is 5.18. The van der Waals surface area contributed by atoms with E-state index in [0.29, 0.717) is 12.3 Å². The molecule has 6 heteroatoms. The molecule has 2 fully saturated rings. The summed E-state index contributed by atoms with van der Waals surface area (Å²) in [6.45, 7) is 4.74. The lowest BCUT2D eigenvalue weighted by molar-refractivity contribution is -0.132. The molecule has 1 spiro atoms. The molecule has 5 nitrogen and oxygen atoms in total. The first-order valence-electron chi connectivity index (χ1n) is 8.68. The quantitative estimate of drug-likeness (QED) is 0.868. The summed E-state index contributed by atoms with van der Waals surface area (Å²) in [6.07, 6.45) is 3.32. The highest BCUT2D eigenvalue weighted by atomic mass is 35.5. The molecular formula is C19H29ClN2O3. The first-order valence-corrected chi connectivity index (χ1v) is 8.68. The molecule has 1 N–H and O–H groups in total. The second kappa shape index (κ2) is 7.83. The minimum absolute atomic E-state index is 0. The van der Waals surface area contributed by atoms with E-state index in [1.54, 1.807) is 14.2 Å². The maximum atomic E-state index is 12.8. The number of carbonyl (C=O) groups excluding carboxylic acids is 1. The van der Waals surface area contributed by atoms with Crippen LogP contribution in [0.1, 0.15) is 30.4 Å². The van der Waals surface area contributed by atoms with E-state index in [-0.39, 0.29) is 29.6 Å². The van der Waals surface area contributed by atoms with Crippen LogP contribution in [0, 0.1) is 18.3 Å². The van der Waals surface area contributed by atoms with Gasteiger partial charge in [0.15, 0.2) is 11.5 Å². The van der Waals surface area contributed by atoms with Gasteiger partial charge in [0.2, 0.25) is 5.91 Å². The average Bonchev–Trinajstić information content (AvgIpc) is 3.28. The second-order valence-electron chi connectivity index (χ2n) is 7.20. The van der Waals surface area contributed by atoms with E-state index in [9.17, 15) is 4.79 Å². The molecular weight excluding hydrogens is 340 g/mol. The fraction of sp³-hybridized carbons (Fsp3) is 0.632. The number of nitrogens with one attached hydrogen (secondary N) is 1. The van der Waals surface area contributed by atoms with E-state index < -0.39 is 0 Å². The van der Waals surface area contributed by atoms with Crippen LogP contribution < -0.4 is 14.8 Å². The molecule has 1 aromatic carbocycles. The number of hydrogen-bond acceptors (Lipinski definition) is 4. The van der Waals surface area contributed by atoms with Crippen LogP contribution in [0.25, 0.3) is 0 Å². The lowest BCUT2D eigenvalue weighted by Gasteiger charge is -2.25. The van der Waals surface area contributed by atoms with Gasteiger partial charge in [0.1, 0.15) is 0 Å². The number of halogens is 1. The van der Waals surface area contributed by atoms with Gasteiger partial charge in [0.25, 0.3) is 0 Å². The van der Waals surface area contributed by atoms with Gasteiger partial charge in [-0.2, -0.15) is 0 Å². The van der Waals surface area contributed by atoms with E-state index in [2.05, 4.69) is 5.32 Å². The molecule has 1 aliphatic carbocycles. The molecule has 1 unspecified atom stereocenters. The molecule has 1 aromatic rings. The number of hydrogen-bond donors (Lipinski definition) is 1. The van der Waals surface area contributed by atoms with Crippen molar-refractivity contribution in [1.82, 2.24) is 10.2 Å². The number of amides is 1. The molecule has 25 heavy (non-hydrogen) atoms. The van der Waals surface area contributed by atoms with Crippen molar-refractivity contribution in [1.29, 1.82) is 0 Å². The Hall–Kier alpha value is -1.46. The van der Waals surface area contributed by atoms with Crippen LogP contribution in [0.15, 0.2) is 12.1 Å². The normalized spacial score (nSPS) is 20.6. The van der Waals surface area contributed by atoms with E-state index in [4.69, 9.17) is 9.47 Å². The minimum Gasteiger partial charge on any atom is -0.493 e. The van der Waals surface area contributed by atoms with Gasteiger partial charge in [-0.25, -0.2) is 0 Å². The van der Waals surface area contributed by atoms with E-state index in [1.165, 1.54) is 0 Å². The molecule has 0 radical (unpaired) electrons. The molecule has 2 aliphatic rings. The summed E-state index contributed by atoms with van der Waals surface area (Å²) < 4.78 is 10.7. The largest absolute Gasteiger partial charge is 0.493 e. The van der Waals surface area contributed by atoms with Gasteiger partial charge >= 0.3 is 0 Å². The molecule has 1 saturated heterocycles. The Balaban J connectivity index is 0.00000225. The fourth-order valence-electron chi connectivity index (χ4n) is 3.97. The number of methoxy groups -OCH3 is 2. The number of carbonyl (C=O) groups is 1. The topological polar surface area (TPSA) is 50.8 Å². The van der Waals surface area contributed by atoms with Gasteiger partial charge in [-0.05, 0) is 68.0 Å². The van der Waals surface area contributed by atoms with Crippen LogP contribution in [0.4, 0.5) is 0 Å². The van der Waals surface area contributed by atoms with Gasteiger partial charge in [0, 0.05) is 19.5 Å². The van der Waals surface area contributed by atoms with Crippen molar-refractivity contribution in [3.05, 3.63) is 23.3 Å². The Kier molecular flexibility index (Phi) is 6.22. The van der Waals surface area contributed by atoms with Gasteiger partial charge in [-0.3, -0.25) is 4.79 Å². The standard InChI is InChI=1S/C19H28N2O3.ClH/c1-13-9-16(23-3)17(24-4)10-14(13)12-21(2)18(22)15-11-19(15)5-7-20-8-6-19;/h9-10,15,20H,5-8,11-12H2,1-4H3;1H. The molecule has 3 rings (SSSR count). The number of nitrogens with zero attached hydrogens (tertiary/aromatic N) is 1. The summed E-state index contributed by atoms with van der Waals surface area (Å²) in [4.78, 5) is 14.7. The van der Waals surface area contributed by atoms with Crippen molar-refractivity contribution in [2.75, 3.05) is 34.4 Å². The molecule has 1 saturated carbocycles. The third-order valence-electron chi connectivity index (χ3n) is 5.71. The zero-order chi connectivity index (χ0) is 17.3. The third kappa shape index (κ3) is 3.87. The van der Waals surface area contributed by atoms with Crippen molar-refractivity contribution in [3.8, 4) is 11.5 Å². The first kappa shape index (κ1) is 19.9. The highest BCUT2D eigenvalue weighted by Gasteiger charge is 2.58. The third-order valence-corrected chi connectivity index (χ3v) is 5.71. The van der Waals surface area contributed by atoms with Crippen molar-refractivity contribution < 1.29 is 14.3 Å². The summed E-state index contributed by atoms with van der Waals surface area (Å²) in [6, 6.07) is 3.95. The van der Waals surface area contributed by atoms with Crippen LogP contribution in [0.5, 0.6) is 11.5 Å². The van der Waals surface area contributed by atoms with E-state index >= 15 is 0 Å². The molecule has 1 heterocycles.